The SMILES string of the molecule is N#Cc1ccccc1S(=O)(=O)N1CCCC1C(=O)O. The molecule has 1 aromatic carbocycles. The van der Waals surface area contributed by atoms with Crippen LogP contribution in [0.3, 0.4) is 0 Å². The largest absolute Gasteiger partial charge is 0.480 e. The van der Waals surface area contributed by atoms with Crippen molar-refractivity contribution in [3.8, 4) is 6.07 Å². The van der Waals surface area contributed by atoms with Crippen molar-refractivity contribution in [3.05, 3.63) is 29.8 Å². The van der Waals surface area contributed by atoms with Gasteiger partial charge in [0.1, 0.15) is 12.1 Å². The van der Waals surface area contributed by atoms with Crippen LogP contribution >= 0.6 is 0 Å². The van der Waals surface area contributed by atoms with E-state index in [0.717, 1.165) is 4.31 Å². The molecule has 0 saturated carbocycles. The third kappa shape index (κ3) is 2.32. The van der Waals surface area contributed by atoms with Gasteiger partial charge in [0.25, 0.3) is 0 Å². The van der Waals surface area contributed by atoms with E-state index in [9.17, 15) is 13.2 Å². The number of hydrogen-bond donors (Lipinski definition) is 1. The second kappa shape index (κ2) is 4.99. The van der Waals surface area contributed by atoms with Crippen LogP contribution in [0.1, 0.15) is 18.4 Å². The van der Waals surface area contributed by atoms with Gasteiger partial charge in [0.15, 0.2) is 0 Å². The van der Waals surface area contributed by atoms with Crippen molar-refractivity contribution in [2.24, 2.45) is 0 Å². The van der Waals surface area contributed by atoms with Gasteiger partial charge in [-0.05, 0) is 25.0 Å². The summed E-state index contributed by atoms with van der Waals surface area (Å²) < 4.78 is 25.8. The summed E-state index contributed by atoms with van der Waals surface area (Å²) in [6.07, 6.45) is 0.800. The normalized spacial score (nSPS) is 20.1. The van der Waals surface area contributed by atoms with E-state index in [0.29, 0.717) is 12.8 Å². The van der Waals surface area contributed by atoms with Gasteiger partial charge in [-0.15, -0.1) is 0 Å². The van der Waals surface area contributed by atoms with Crippen LogP contribution in [0.4, 0.5) is 0 Å². The van der Waals surface area contributed by atoms with Gasteiger partial charge in [-0.2, -0.15) is 9.57 Å². The number of carboxylic acid groups (broad SMARTS) is 1. The van der Waals surface area contributed by atoms with Gasteiger partial charge < -0.3 is 5.11 Å². The van der Waals surface area contributed by atoms with E-state index in [1.165, 1.54) is 18.2 Å². The topological polar surface area (TPSA) is 98.5 Å². The number of rotatable bonds is 3. The summed E-state index contributed by atoms with van der Waals surface area (Å²) in [6.45, 7) is 0.166. The Balaban J connectivity index is 2.49. The van der Waals surface area contributed by atoms with E-state index in [-0.39, 0.29) is 17.0 Å². The molecule has 0 amide bonds. The lowest BCUT2D eigenvalue weighted by Gasteiger charge is -2.21. The molecule has 0 spiro atoms. The summed E-state index contributed by atoms with van der Waals surface area (Å²) in [5.74, 6) is -1.16. The van der Waals surface area contributed by atoms with Gasteiger partial charge in [0.05, 0.1) is 10.5 Å². The van der Waals surface area contributed by atoms with Crippen LogP contribution < -0.4 is 0 Å². The average molecular weight is 280 g/mol. The van der Waals surface area contributed by atoms with E-state index < -0.39 is 22.0 Å². The molecule has 1 aromatic rings. The highest BCUT2D eigenvalue weighted by Crippen LogP contribution is 2.27. The number of hydrogen-bond acceptors (Lipinski definition) is 4. The molecule has 1 atom stereocenters. The van der Waals surface area contributed by atoms with Gasteiger partial charge >= 0.3 is 5.97 Å². The summed E-state index contributed by atoms with van der Waals surface area (Å²) in [4.78, 5) is 10.9. The first-order valence-electron chi connectivity index (χ1n) is 5.72. The Labute approximate surface area is 110 Å². The Morgan fingerprint density at radius 1 is 1.42 bits per heavy atom. The van der Waals surface area contributed by atoms with Crippen molar-refractivity contribution in [2.45, 2.75) is 23.8 Å². The van der Waals surface area contributed by atoms with Crippen molar-refractivity contribution < 1.29 is 18.3 Å². The highest BCUT2D eigenvalue weighted by molar-refractivity contribution is 7.89. The predicted molar refractivity (Wildman–Crippen MR) is 65.7 cm³/mol. The van der Waals surface area contributed by atoms with Crippen LogP contribution in [0.25, 0.3) is 0 Å². The van der Waals surface area contributed by atoms with Crippen molar-refractivity contribution >= 4 is 16.0 Å². The van der Waals surface area contributed by atoms with E-state index in [4.69, 9.17) is 10.4 Å². The molecule has 1 aliphatic heterocycles. The molecule has 7 heteroatoms. The monoisotopic (exact) mass is 280 g/mol. The fourth-order valence-corrected chi connectivity index (χ4v) is 3.98. The van der Waals surface area contributed by atoms with Crippen molar-refractivity contribution in [2.75, 3.05) is 6.54 Å². The first-order chi connectivity index (χ1) is 8.98. The van der Waals surface area contributed by atoms with Gasteiger partial charge in [-0.3, -0.25) is 4.79 Å². The first kappa shape index (κ1) is 13.5. The second-order valence-electron chi connectivity index (χ2n) is 4.22. The number of carbonyl (C=O) groups is 1. The van der Waals surface area contributed by atoms with Crippen molar-refractivity contribution in [3.63, 3.8) is 0 Å². The maximum atomic E-state index is 12.4. The fraction of sp³-hybridized carbons (Fsp3) is 0.333. The molecule has 1 fully saturated rings. The smallest absolute Gasteiger partial charge is 0.322 e. The highest BCUT2D eigenvalue weighted by atomic mass is 32.2. The third-order valence-corrected chi connectivity index (χ3v) is 5.05. The zero-order chi connectivity index (χ0) is 14.0. The Morgan fingerprint density at radius 2 is 2.11 bits per heavy atom. The maximum absolute atomic E-state index is 12.4. The first-order valence-corrected chi connectivity index (χ1v) is 7.16. The minimum atomic E-state index is -3.95. The zero-order valence-electron chi connectivity index (χ0n) is 9.98. The Morgan fingerprint density at radius 3 is 2.74 bits per heavy atom. The molecule has 1 N–H and O–H groups in total. The van der Waals surface area contributed by atoms with E-state index in [1.54, 1.807) is 6.07 Å². The molecule has 1 saturated heterocycles. The molecule has 6 nitrogen and oxygen atoms in total. The van der Waals surface area contributed by atoms with Gasteiger partial charge in [-0.25, -0.2) is 8.42 Å². The molecule has 2 rings (SSSR count). The Hall–Kier alpha value is -1.91. The molecule has 19 heavy (non-hydrogen) atoms. The zero-order valence-corrected chi connectivity index (χ0v) is 10.8. The fourth-order valence-electron chi connectivity index (χ4n) is 2.18. The number of carboxylic acids is 1. The highest BCUT2D eigenvalue weighted by Gasteiger charge is 2.40. The van der Waals surface area contributed by atoms with Crippen LogP contribution in [-0.4, -0.2) is 36.4 Å². The lowest BCUT2D eigenvalue weighted by Crippen LogP contribution is -2.40. The molecule has 100 valence electrons. The van der Waals surface area contributed by atoms with Crippen LogP contribution in [0.15, 0.2) is 29.2 Å². The standard InChI is InChI=1S/C12H12N2O4S/c13-8-9-4-1-2-6-11(9)19(17,18)14-7-3-5-10(14)12(15)16/h1-2,4,6,10H,3,5,7H2,(H,15,16). The van der Waals surface area contributed by atoms with Gasteiger partial charge in [0.2, 0.25) is 10.0 Å². The maximum Gasteiger partial charge on any atom is 0.322 e. The summed E-state index contributed by atoms with van der Waals surface area (Å²) >= 11 is 0. The van der Waals surface area contributed by atoms with E-state index in [1.807, 2.05) is 6.07 Å². The molecule has 1 unspecified atom stereocenters. The van der Waals surface area contributed by atoms with Crippen LogP contribution in [-0.2, 0) is 14.8 Å². The molecule has 1 heterocycles. The number of nitrogens with zero attached hydrogens (tertiary/aromatic N) is 2. The number of sulfonamides is 1. The lowest BCUT2D eigenvalue weighted by atomic mass is 10.2. The molecular weight excluding hydrogens is 268 g/mol. The van der Waals surface area contributed by atoms with E-state index >= 15 is 0 Å². The predicted octanol–water partition coefficient (Wildman–Crippen LogP) is 0.796. The third-order valence-electron chi connectivity index (χ3n) is 3.08. The summed E-state index contributed by atoms with van der Waals surface area (Å²) in [5, 5.41) is 18.0. The summed E-state index contributed by atoms with van der Waals surface area (Å²) in [6, 6.07) is 6.58. The quantitative estimate of drug-likeness (QED) is 0.882. The van der Waals surface area contributed by atoms with E-state index in [2.05, 4.69) is 0 Å². The van der Waals surface area contributed by atoms with Crippen LogP contribution in [0.5, 0.6) is 0 Å². The number of benzene rings is 1. The molecule has 0 radical (unpaired) electrons. The molecule has 0 aromatic heterocycles. The molecular formula is C12H12N2O4S. The Kier molecular flexibility index (Phi) is 3.55. The average Bonchev–Trinajstić information content (AvgIpc) is 2.88. The summed E-state index contributed by atoms with van der Waals surface area (Å²) in [7, 11) is -3.95. The Bertz CT molecular complexity index is 648. The van der Waals surface area contributed by atoms with Crippen LogP contribution in [0.2, 0.25) is 0 Å². The van der Waals surface area contributed by atoms with Crippen LogP contribution in [0, 0.1) is 11.3 Å². The van der Waals surface area contributed by atoms with Crippen molar-refractivity contribution in [1.29, 1.82) is 5.26 Å². The van der Waals surface area contributed by atoms with Crippen molar-refractivity contribution in [1.82, 2.24) is 4.31 Å². The molecule has 0 aliphatic carbocycles. The summed E-state index contributed by atoms with van der Waals surface area (Å²) in [5.41, 5.74) is 0.0264. The van der Waals surface area contributed by atoms with Gasteiger partial charge in [-0.1, -0.05) is 12.1 Å². The second-order valence-corrected chi connectivity index (χ2v) is 6.08. The molecule has 0 bridgehead atoms. The molecule has 1 aliphatic rings. The number of nitriles is 1. The lowest BCUT2D eigenvalue weighted by molar-refractivity contribution is -0.140. The van der Waals surface area contributed by atoms with Gasteiger partial charge in [0, 0.05) is 6.54 Å². The minimum Gasteiger partial charge on any atom is -0.480 e. The number of aliphatic carboxylic acids is 1. The minimum absolute atomic E-state index is 0.0264.